The molecule has 0 unspecified atom stereocenters. The molecule has 3 aromatic rings. The molecular formula is C32H40ClN3O5S. The number of halogens is 1. The zero-order chi connectivity index (χ0) is 31.0. The van der Waals surface area contributed by atoms with Gasteiger partial charge in [0, 0.05) is 12.6 Å². The fourth-order valence-electron chi connectivity index (χ4n) is 4.54. The van der Waals surface area contributed by atoms with Crippen molar-refractivity contribution in [1.29, 1.82) is 0 Å². The van der Waals surface area contributed by atoms with Gasteiger partial charge < -0.3 is 15.0 Å². The Labute approximate surface area is 254 Å². The first-order valence-corrected chi connectivity index (χ1v) is 15.8. The summed E-state index contributed by atoms with van der Waals surface area (Å²) in [7, 11) is -2.74. The van der Waals surface area contributed by atoms with E-state index in [2.05, 4.69) is 5.32 Å². The molecule has 3 aromatic carbocycles. The molecule has 0 fully saturated rings. The standard InChI is InChI=1S/C32H40ClN3O5S/c1-7-24(5)34-32(38)29(8-2)35(20-25-11-9-10-23(4)18-25)31(37)21-36(26-14-17-30(41-6)28(33)19-26)42(39,40)27-15-12-22(3)13-16-27/h9-19,24,29H,7-8,20-21H2,1-6H3,(H,34,38)/t24-,29+/m0/s1. The van der Waals surface area contributed by atoms with Crippen LogP contribution in [0.4, 0.5) is 5.69 Å². The van der Waals surface area contributed by atoms with E-state index < -0.39 is 28.5 Å². The highest BCUT2D eigenvalue weighted by atomic mass is 35.5. The van der Waals surface area contributed by atoms with E-state index in [-0.39, 0.29) is 34.1 Å². The molecule has 0 saturated carbocycles. The molecular weight excluding hydrogens is 574 g/mol. The van der Waals surface area contributed by atoms with Crippen LogP contribution < -0.4 is 14.4 Å². The predicted molar refractivity (Wildman–Crippen MR) is 167 cm³/mol. The molecule has 2 amide bonds. The predicted octanol–water partition coefficient (Wildman–Crippen LogP) is 5.88. The van der Waals surface area contributed by atoms with Gasteiger partial charge in [-0.1, -0.05) is 73.0 Å². The number of nitrogens with one attached hydrogen (secondary N) is 1. The van der Waals surface area contributed by atoms with Crippen LogP contribution in [-0.4, -0.2) is 50.9 Å². The van der Waals surface area contributed by atoms with E-state index in [0.717, 1.165) is 27.4 Å². The van der Waals surface area contributed by atoms with Gasteiger partial charge in [-0.3, -0.25) is 13.9 Å². The highest BCUT2D eigenvalue weighted by molar-refractivity contribution is 7.92. The van der Waals surface area contributed by atoms with Crippen molar-refractivity contribution in [2.75, 3.05) is 18.0 Å². The number of sulfonamides is 1. The van der Waals surface area contributed by atoms with Crippen LogP contribution in [0.3, 0.4) is 0 Å². The number of anilines is 1. The maximum absolute atomic E-state index is 14.2. The van der Waals surface area contributed by atoms with Crippen LogP contribution in [0.15, 0.2) is 71.6 Å². The van der Waals surface area contributed by atoms with E-state index in [1.165, 1.54) is 30.2 Å². The molecule has 0 aromatic heterocycles. The third kappa shape index (κ3) is 8.04. The van der Waals surface area contributed by atoms with Crippen molar-refractivity contribution in [3.8, 4) is 5.75 Å². The van der Waals surface area contributed by atoms with Gasteiger partial charge in [0.25, 0.3) is 10.0 Å². The summed E-state index contributed by atoms with van der Waals surface area (Å²) in [4.78, 5) is 29.1. The molecule has 0 heterocycles. The van der Waals surface area contributed by atoms with Crippen LogP contribution in [0.25, 0.3) is 0 Å². The quantitative estimate of drug-likeness (QED) is 0.260. The number of hydrogen-bond acceptors (Lipinski definition) is 5. The summed E-state index contributed by atoms with van der Waals surface area (Å²) >= 11 is 6.39. The fraction of sp³-hybridized carbons (Fsp3) is 0.375. The largest absolute Gasteiger partial charge is 0.495 e. The van der Waals surface area contributed by atoms with E-state index in [1.807, 2.05) is 58.9 Å². The van der Waals surface area contributed by atoms with Crippen molar-refractivity contribution < 1.29 is 22.7 Å². The number of benzene rings is 3. The molecule has 0 spiro atoms. The van der Waals surface area contributed by atoms with Gasteiger partial charge >= 0.3 is 0 Å². The van der Waals surface area contributed by atoms with Crippen LogP contribution in [0, 0.1) is 13.8 Å². The van der Waals surface area contributed by atoms with Crippen LogP contribution in [-0.2, 0) is 26.2 Å². The van der Waals surface area contributed by atoms with Gasteiger partial charge in [0.05, 0.1) is 22.7 Å². The third-order valence-corrected chi connectivity index (χ3v) is 9.22. The number of amides is 2. The van der Waals surface area contributed by atoms with Crippen molar-refractivity contribution in [3.05, 3.63) is 88.4 Å². The maximum Gasteiger partial charge on any atom is 0.264 e. The van der Waals surface area contributed by atoms with Crippen molar-refractivity contribution in [2.24, 2.45) is 0 Å². The van der Waals surface area contributed by atoms with Gasteiger partial charge in [-0.15, -0.1) is 0 Å². The molecule has 42 heavy (non-hydrogen) atoms. The molecule has 2 atom stereocenters. The minimum Gasteiger partial charge on any atom is -0.495 e. The van der Waals surface area contributed by atoms with Gasteiger partial charge in [0.1, 0.15) is 18.3 Å². The number of rotatable bonds is 13. The van der Waals surface area contributed by atoms with Gasteiger partial charge in [-0.25, -0.2) is 8.42 Å². The minimum atomic E-state index is -4.21. The fourth-order valence-corrected chi connectivity index (χ4v) is 6.20. The van der Waals surface area contributed by atoms with Gasteiger partial charge in [0.15, 0.2) is 0 Å². The zero-order valence-electron chi connectivity index (χ0n) is 25.1. The number of nitrogens with zero attached hydrogens (tertiary/aromatic N) is 2. The lowest BCUT2D eigenvalue weighted by Crippen LogP contribution is -2.53. The Balaban J connectivity index is 2.10. The zero-order valence-corrected chi connectivity index (χ0v) is 26.6. The summed E-state index contributed by atoms with van der Waals surface area (Å²) in [5, 5.41) is 3.18. The van der Waals surface area contributed by atoms with Gasteiger partial charge in [-0.2, -0.15) is 0 Å². The number of methoxy groups -OCH3 is 1. The summed E-state index contributed by atoms with van der Waals surface area (Å²) in [6.07, 6.45) is 1.08. The lowest BCUT2D eigenvalue weighted by atomic mass is 10.1. The molecule has 1 N–H and O–H groups in total. The second-order valence-corrected chi connectivity index (χ2v) is 12.7. The highest BCUT2D eigenvalue weighted by Gasteiger charge is 2.34. The Morgan fingerprint density at radius 1 is 0.952 bits per heavy atom. The molecule has 0 aliphatic carbocycles. The lowest BCUT2D eigenvalue weighted by molar-refractivity contribution is -0.140. The molecule has 226 valence electrons. The van der Waals surface area contributed by atoms with Crippen LogP contribution in [0.5, 0.6) is 5.75 Å². The Kier molecular flexibility index (Phi) is 11.4. The molecule has 10 heteroatoms. The van der Waals surface area contributed by atoms with E-state index in [0.29, 0.717) is 12.2 Å². The normalized spacial score (nSPS) is 12.7. The van der Waals surface area contributed by atoms with Gasteiger partial charge in [0.2, 0.25) is 11.8 Å². The third-order valence-electron chi connectivity index (χ3n) is 7.13. The van der Waals surface area contributed by atoms with Crippen LogP contribution in [0.2, 0.25) is 5.02 Å². The number of carbonyl (C=O) groups is 2. The highest BCUT2D eigenvalue weighted by Crippen LogP contribution is 2.32. The van der Waals surface area contributed by atoms with Crippen molar-refractivity contribution in [3.63, 3.8) is 0 Å². The topological polar surface area (TPSA) is 96.0 Å². The van der Waals surface area contributed by atoms with Crippen LogP contribution >= 0.6 is 11.6 Å². The molecule has 8 nitrogen and oxygen atoms in total. The summed E-state index contributed by atoms with van der Waals surface area (Å²) in [6.45, 7) is 9.11. The summed E-state index contributed by atoms with van der Waals surface area (Å²) in [6, 6.07) is 17.7. The Morgan fingerprint density at radius 2 is 1.64 bits per heavy atom. The summed E-state index contributed by atoms with van der Waals surface area (Å²) in [5.74, 6) is -0.438. The minimum absolute atomic E-state index is 0.0274. The van der Waals surface area contributed by atoms with E-state index >= 15 is 0 Å². The average Bonchev–Trinajstić information content (AvgIpc) is 2.95. The van der Waals surface area contributed by atoms with Crippen molar-refractivity contribution >= 4 is 39.1 Å². The summed E-state index contributed by atoms with van der Waals surface area (Å²) in [5.41, 5.74) is 2.93. The van der Waals surface area contributed by atoms with E-state index in [4.69, 9.17) is 16.3 Å². The van der Waals surface area contributed by atoms with Gasteiger partial charge in [-0.05, 0) is 69.5 Å². The Morgan fingerprint density at radius 3 is 2.21 bits per heavy atom. The lowest BCUT2D eigenvalue weighted by Gasteiger charge is -2.34. The first-order valence-electron chi connectivity index (χ1n) is 14.0. The average molecular weight is 614 g/mol. The monoisotopic (exact) mass is 613 g/mol. The number of hydrogen-bond donors (Lipinski definition) is 1. The molecule has 3 rings (SSSR count). The Hall–Kier alpha value is -3.56. The SMILES string of the molecule is CC[C@H](C(=O)N[C@@H](C)CC)N(Cc1cccc(C)c1)C(=O)CN(c1ccc(OC)c(Cl)c1)S(=O)(=O)c1ccc(C)cc1. The maximum atomic E-state index is 14.2. The molecule has 0 radical (unpaired) electrons. The molecule has 0 aliphatic rings. The first kappa shape index (κ1) is 32.9. The molecule has 0 saturated heterocycles. The smallest absolute Gasteiger partial charge is 0.264 e. The van der Waals surface area contributed by atoms with Crippen molar-refractivity contribution in [2.45, 2.75) is 71.0 Å². The number of aryl methyl sites for hydroxylation is 2. The number of carbonyl (C=O) groups excluding carboxylic acids is 2. The van der Waals surface area contributed by atoms with E-state index in [1.54, 1.807) is 24.3 Å². The number of ether oxygens (including phenoxy) is 1. The molecule has 0 aliphatic heterocycles. The first-order chi connectivity index (χ1) is 19.9. The van der Waals surface area contributed by atoms with Crippen LogP contribution in [0.1, 0.15) is 50.3 Å². The van der Waals surface area contributed by atoms with Crippen molar-refractivity contribution in [1.82, 2.24) is 10.2 Å². The molecule has 0 bridgehead atoms. The second kappa shape index (κ2) is 14.6. The second-order valence-electron chi connectivity index (χ2n) is 10.4. The summed E-state index contributed by atoms with van der Waals surface area (Å²) < 4.78 is 34.3. The van der Waals surface area contributed by atoms with E-state index in [9.17, 15) is 18.0 Å². The Bertz CT molecular complexity index is 1490.